The van der Waals surface area contributed by atoms with Gasteiger partial charge < -0.3 is 9.64 Å². The van der Waals surface area contributed by atoms with Crippen molar-refractivity contribution in [3.63, 3.8) is 0 Å². The Balaban J connectivity index is 2.73. The van der Waals surface area contributed by atoms with Gasteiger partial charge in [0.1, 0.15) is 6.61 Å². The van der Waals surface area contributed by atoms with Crippen molar-refractivity contribution in [2.75, 3.05) is 6.54 Å². The highest BCUT2D eigenvalue weighted by Crippen LogP contribution is 2.18. The highest BCUT2D eigenvalue weighted by Gasteiger charge is 2.26. The fourth-order valence-electron chi connectivity index (χ4n) is 2.36. The predicted octanol–water partition coefficient (Wildman–Crippen LogP) is 4.80. The number of hydrogen-bond acceptors (Lipinski definition) is 2. The molecule has 0 fully saturated rings. The van der Waals surface area contributed by atoms with Crippen LogP contribution in [-0.4, -0.2) is 23.6 Å². The summed E-state index contributed by atoms with van der Waals surface area (Å²) < 4.78 is 5.48. The highest BCUT2D eigenvalue weighted by molar-refractivity contribution is 5.68. The molecule has 3 nitrogen and oxygen atoms in total. The first-order valence-corrected chi connectivity index (χ1v) is 7.79. The third-order valence-electron chi connectivity index (χ3n) is 3.59. The van der Waals surface area contributed by atoms with Gasteiger partial charge in [-0.25, -0.2) is 4.79 Å². The third-order valence-corrected chi connectivity index (χ3v) is 3.59. The van der Waals surface area contributed by atoms with Crippen molar-refractivity contribution in [3.05, 3.63) is 61.2 Å². The summed E-state index contributed by atoms with van der Waals surface area (Å²) in [7, 11) is 0. The lowest BCUT2D eigenvalue weighted by Crippen LogP contribution is -2.43. The fraction of sp³-hybridized carbons (Fsp3) is 0.421. The maximum atomic E-state index is 12.5. The normalized spacial score (nSPS) is 11.8. The smallest absolute Gasteiger partial charge is 0.410 e. The standard InChI is InChI=1S/C19H27NO2/c1-5-7-14-20(18(11-6-2)16(3)4)19(21)22-15-17-12-9-8-10-13-17/h5-6,8-10,12-13,16,18H,1-2,7,11,14-15H2,3-4H3. The molecule has 1 rings (SSSR count). The fourth-order valence-corrected chi connectivity index (χ4v) is 2.36. The second kappa shape index (κ2) is 9.82. The highest BCUT2D eigenvalue weighted by atomic mass is 16.6. The molecule has 22 heavy (non-hydrogen) atoms. The Morgan fingerprint density at radius 1 is 1.23 bits per heavy atom. The number of benzene rings is 1. The maximum Gasteiger partial charge on any atom is 0.410 e. The minimum Gasteiger partial charge on any atom is -0.445 e. The van der Waals surface area contributed by atoms with Crippen LogP contribution in [0.15, 0.2) is 55.6 Å². The molecule has 0 heterocycles. The van der Waals surface area contributed by atoms with E-state index in [1.54, 1.807) is 4.90 Å². The van der Waals surface area contributed by atoms with Crippen LogP contribution in [0.5, 0.6) is 0 Å². The second-order valence-corrected chi connectivity index (χ2v) is 5.65. The molecule has 1 unspecified atom stereocenters. The quantitative estimate of drug-likeness (QED) is 0.613. The Morgan fingerprint density at radius 2 is 1.91 bits per heavy atom. The number of amides is 1. The van der Waals surface area contributed by atoms with Crippen LogP contribution in [0.2, 0.25) is 0 Å². The summed E-state index contributed by atoms with van der Waals surface area (Å²) >= 11 is 0. The molecule has 0 radical (unpaired) electrons. The zero-order valence-electron chi connectivity index (χ0n) is 13.7. The summed E-state index contributed by atoms with van der Waals surface area (Å²) in [5, 5.41) is 0. The van der Waals surface area contributed by atoms with Gasteiger partial charge in [-0.3, -0.25) is 0 Å². The molecule has 0 aliphatic carbocycles. The summed E-state index contributed by atoms with van der Waals surface area (Å²) in [5.74, 6) is 0.340. The van der Waals surface area contributed by atoms with Gasteiger partial charge in [-0.2, -0.15) is 0 Å². The number of hydrogen-bond donors (Lipinski definition) is 0. The van der Waals surface area contributed by atoms with E-state index in [4.69, 9.17) is 4.74 Å². The third kappa shape index (κ3) is 5.76. The first kappa shape index (κ1) is 18.0. The molecule has 0 aliphatic rings. The molecule has 0 N–H and O–H groups in total. The van der Waals surface area contributed by atoms with E-state index in [2.05, 4.69) is 27.0 Å². The largest absolute Gasteiger partial charge is 0.445 e. The summed E-state index contributed by atoms with van der Waals surface area (Å²) in [5.41, 5.74) is 0.990. The second-order valence-electron chi connectivity index (χ2n) is 5.65. The van der Waals surface area contributed by atoms with Crippen LogP contribution < -0.4 is 0 Å². The van der Waals surface area contributed by atoms with Gasteiger partial charge in [0.2, 0.25) is 0 Å². The van der Waals surface area contributed by atoms with Crippen molar-refractivity contribution in [1.82, 2.24) is 4.90 Å². The van der Waals surface area contributed by atoms with Crippen LogP contribution in [0.3, 0.4) is 0 Å². The van der Waals surface area contributed by atoms with Gasteiger partial charge >= 0.3 is 6.09 Å². The van der Waals surface area contributed by atoms with Crippen molar-refractivity contribution >= 4 is 6.09 Å². The Hall–Kier alpha value is -2.03. The molecule has 1 aromatic carbocycles. The molecule has 1 amide bonds. The molecular weight excluding hydrogens is 274 g/mol. The van der Waals surface area contributed by atoms with Crippen molar-refractivity contribution in [2.45, 2.75) is 39.3 Å². The van der Waals surface area contributed by atoms with Gasteiger partial charge in [0, 0.05) is 12.6 Å². The summed E-state index contributed by atoms with van der Waals surface area (Å²) in [6.45, 7) is 12.7. The van der Waals surface area contributed by atoms with Gasteiger partial charge in [0.15, 0.2) is 0 Å². The van der Waals surface area contributed by atoms with E-state index in [9.17, 15) is 4.79 Å². The lowest BCUT2D eigenvalue weighted by Gasteiger charge is -2.33. The van der Waals surface area contributed by atoms with E-state index >= 15 is 0 Å². The van der Waals surface area contributed by atoms with E-state index in [1.807, 2.05) is 42.5 Å². The molecule has 1 aromatic rings. The van der Waals surface area contributed by atoms with Gasteiger partial charge in [-0.05, 0) is 24.3 Å². The van der Waals surface area contributed by atoms with Crippen LogP contribution in [-0.2, 0) is 11.3 Å². The van der Waals surface area contributed by atoms with Gasteiger partial charge in [0.05, 0.1) is 0 Å². The zero-order valence-corrected chi connectivity index (χ0v) is 13.7. The first-order valence-electron chi connectivity index (χ1n) is 7.79. The van der Waals surface area contributed by atoms with Crippen molar-refractivity contribution in [3.8, 4) is 0 Å². The van der Waals surface area contributed by atoms with Crippen LogP contribution in [0.4, 0.5) is 4.79 Å². The molecule has 0 aliphatic heterocycles. The Labute approximate surface area is 134 Å². The average Bonchev–Trinajstić information content (AvgIpc) is 2.53. The molecule has 1 atom stereocenters. The van der Waals surface area contributed by atoms with E-state index in [1.165, 1.54) is 0 Å². The SMILES string of the molecule is C=CCCN(C(=O)OCc1ccccc1)C(CC=C)C(C)C. The molecule has 0 aromatic heterocycles. The molecule has 120 valence electrons. The molecular formula is C19H27NO2. The molecule has 0 bridgehead atoms. The van der Waals surface area contributed by atoms with Crippen molar-refractivity contribution < 1.29 is 9.53 Å². The van der Waals surface area contributed by atoms with E-state index < -0.39 is 0 Å². The van der Waals surface area contributed by atoms with Gasteiger partial charge in [-0.1, -0.05) is 56.3 Å². The summed E-state index contributed by atoms with van der Waals surface area (Å²) in [6, 6.07) is 9.82. The number of carbonyl (C=O) groups is 1. The monoisotopic (exact) mass is 301 g/mol. The Morgan fingerprint density at radius 3 is 2.45 bits per heavy atom. The van der Waals surface area contributed by atoms with E-state index in [0.717, 1.165) is 18.4 Å². The Kier molecular flexibility index (Phi) is 8.05. The van der Waals surface area contributed by atoms with Gasteiger partial charge in [0.25, 0.3) is 0 Å². The lowest BCUT2D eigenvalue weighted by molar-refractivity contribution is 0.0716. The van der Waals surface area contributed by atoms with Crippen LogP contribution >= 0.6 is 0 Å². The topological polar surface area (TPSA) is 29.5 Å². The molecule has 0 saturated carbocycles. The van der Waals surface area contributed by atoms with E-state index in [0.29, 0.717) is 19.1 Å². The minimum absolute atomic E-state index is 0.0979. The number of ether oxygens (including phenoxy) is 1. The maximum absolute atomic E-state index is 12.5. The van der Waals surface area contributed by atoms with Crippen molar-refractivity contribution in [1.29, 1.82) is 0 Å². The number of nitrogens with zero attached hydrogens (tertiary/aromatic N) is 1. The molecule has 0 saturated heterocycles. The molecule has 0 spiro atoms. The number of carbonyl (C=O) groups excluding carboxylic acids is 1. The van der Waals surface area contributed by atoms with Gasteiger partial charge in [-0.15, -0.1) is 13.2 Å². The lowest BCUT2D eigenvalue weighted by atomic mass is 9.99. The summed E-state index contributed by atoms with van der Waals surface area (Å²) in [6.07, 6.45) is 4.92. The summed E-state index contributed by atoms with van der Waals surface area (Å²) in [4.78, 5) is 14.3. The zero-order chi connectivity index (χ0) is 16.4. The van der Waals surface area contributed by atoms with Crippen LogP contribution in [0.1, 0.15) is 32.3 Å². The number of rotatable bonds is 9. The van der Waals surface area contributed by atoms with Crippen LogP contribution in [0.25, 0.3) is 0 Å². The predicted molar refractivity (Wildman–Crippen MR) is 91.6 cm³/mol. The molecule has 3 heteroatoms. The Bertz CT molecular complexity index is 468. The average molecular weight is 301 g/mol. The first-order chi connectivity index (χ1) is 10.6. The van der Waals surface area contributed by atoms with Crippen molar-refractivity contribution in [2.24, 2.45) is 5.92 Å². The minimum atomic E-state index is -0.272. The van der Waals surface area contributed by atoms with E-state index in [-0.39, 0.29) is 12.1 Å². The van der Waals surface area contributed by atoms with Crippen LogP contribution in [0, 0.1) is 5.92 Å².